The van der Waals surface area contributed by atoms with Crippen molar-refractivity contribution in [1.29, 1.82) is 0 Å². The van der Waals surface area contributed by atoms with Crippen LogP contribution < -0.4 is 5.32 Å². The van der Waals surface area contributed by atoms with Gasteiger partial charge in [0.15, 0.2) is 0 Å². The fourth-order valence-electron chi connectivity index (χ4n) is 1.98. The Balaban J connectivity index is 2.21. The van der Waals surface area contributed by atoms with E-state index < -0.39 is 0 Å². The topological polar surface area (TPSA) is 24.9 Å². The summed E-state index contributed by atoms with van der Waals surface area (Å²) in [6.07, 6.45) is 1.04. The molecule has 0 aliphatic rings. The van der Waals surface area contributed by atoms with Gasteiger partial charge in [-0.25, -0.2) is 4.98 Å². The van der Waals surface area contributed by atoms with Crippen LogP contribution in [0.25, 0.3) is 0 Å². The second-order valence-corrected chi connectivity index (χ2v) is 5.10. The van der Waals surface area contributed by atoms with E-state index >= 15 is 0 Å². The maximum absolute atomic E-state index is 4.41. The zero-order valence-corrected chi connectivity index (χ0v) is 12.2. The Bertz CT molecular complexity index is 511. The van der Waals surface area contributed by atoms with Gasteiger partial charge in [0, 0.05) is 0 Å². The van der Waals surface area contributed by atoms with Gasteiger partial charge in [-0.1, -0.05) is 37.3 Å². The number of aryl methyl sites for hydroxylation is 1. The molecule has 0 spiro atoms. The molecule has 1 aromatic carbocycles. The van der Waals surface area contributed by atoms with Crippen molar-refractivity contribution in [2.24, 2.45) is 0 Å². The minimum Gasteiger partial charge on any atom is -0.377 e. The minimum absolute atomic E-state index is 0.327. The summed E-state index contributed by atoms with van der Waals surface area (Å²) >= 11 is 3.39. The van der Waals surface area contributed by atoms with Crippen LogP contribution in [-0.2, 0) is 0 Å². The molecule has 3 heteroatoms. The van der Waals surface area contributed by atoms with E-state index in [9.17, 15) is 0 Å². The van der Waals surface area contributed by atoms with Crippen LogP contribution in [0.5, 0.6) is 0 Å². The van der Waals surface area contributed by atoms with Gasteiger partial charge in [0.05, 0.1) is 17.4 Å². The molecule has 0 bridgehead atoms. The number of halogens is 1. The molecular weight excluding hydrogens is 288 g/mol. The summed E-state index contributed by atoms with van der Waals surface area (Å²) in [6, 6.07) is 14.9. The molecule has 2 aromatic rings. The Labute approximate surface area is 117 Å². The molecular formula is C15H17BrN2. The lowest BCUT2D eigenvalue weighted by Crippen LogP contribution is -2.10. The molecule has 2 rings (SSSR count). The number of hydrogen-bond donors (Lipinski definition) is 1. The first-order valence-corrected chi connectivity index (χ1v) is 6.94. The van der Waals surface area contributed by atoms with Crippen molar-refractivity contribution in [1.82, 2.24) is 4.98 Å². The molecule has 0 radical (unpaired) electrons. The summed E-state index contributed by atoms with van der Waals surface area (Å²) < 4.78 is 0.873. The Morgan fingerprint density at radius 1 is 1.17 bits per heavy atom. The first-order chi connectivity index (χ1) is 8.70. The van der Waals surface area contributed by atoms with Crippen molar-refractivity contribution in [2.75, 3.05) is 5.32 Å². The quantitative estimate of drug-likeness (QED) is 0.827. The largest absolute Gasteiger partial charge is 0.377 e. The van der Waals surface area contributed by atoms with Crippen LogP contribution in [0.15, 0.2) is 47.1 Å². The molecule has 0 saturated carbocycles. The van der Waals surface area contributed by atoms with Gasteiger partial charge in [-0.3, -0.25) is 0 Å². The lowest BCUT2D eigenvalue weighted by molar-refractivity contribution is 0.747. The predicted octanol–water partition coefficient (Wildman–Crippen LogP) is 4.72. The smallest absolute Gasteiger partial charge is 0.106 e. The highest BCUT2D eigenvalue weighted by Gasteiger charge is 2.10. The normalized spacial score (nSPS) is 12.2. The Hall–Kier alpha value is -1.35. The molecule has 1 unspecified atom stereocenters. The molecule has 0 fully saturated rings. The van der Waals surface area contributed by atoms with Crippen molar-refractivity contribution < 1.29 is 0 Å². The predicted molar refractivity (Wildman–Crippen MR) is 79.8 cm³/mol. The van der Waals surface area contributed by atoms with Crippen LogP contribution in [0.4, 0.5) is 5.69 Å². The third kappa shape index (κ3) is 3.10. The van der Waals surface area contributed by atoms with E-state index in [0.29, 0.717) is 6.04 Å². The number of pyridine rings is 1. The number of nitrogens with one attached hydrogen (secondary N) is 1. The molecule has 2 nitrogen and oxygen atoms in total. The number of hydrogen-bond acceptors (Lipinski definition) is 2. The lowest BCUT2D eigenvalue weighted by atomic mass is 10.0. The first kappa shape index (κ1) is 13.1. The first-order valence-electron chi connectivity index (χ1n) is 6.15. The van der Waals surface area contributed by atoms with Crippen LogP contribution >= 0.6 is 15.9 Å². The fourth-order valence-corrected chi connectivity index (χ4v) is 2.38. The minimum atomic E-state index is 0.327. The van der Waals surface area contributed by atoms with Gasteiger partial charge < -0.3 is 5.32 Å². The van der Waals surface area contributed by atoms with Crippen LogP contribution in [0.3, 0.4) is 0 Å². The molecule has 0 saturated heterocycles. The summed E-state index contributed by atoms with van der Waals surface area (Å²) in [5.74, 6) is 0. The molecule has 0 amide bonds. The Morgan fingerprint density at radius 2 is 1.89 bits per heavy atom. The molecule has 18 heavy (non-hydrogen) atoms. The number of benzene rings is 1. The number of anilines is 1. The second-order valence-electron chi connectivity index (χ2n) is 4.28. The average molecular weight is 305 g/mol. The standard InChI is InChI=1S/C15H17BrN2/c1-3-13(12-7-5-4-6-8-12)18-14-9-10-15(16)17-11(14)2/h4-10,13,18H,3H2,1-2H3. The van der Waals surface area contributed by atoms with E-state index in [-0.39, 0.29) is 0 Å². The molecule has 0 aliphatic heterocycles. The molecule has 1 N–H and O–H groups in total. The summed E-state index contributed by atoms with van der Waals surface area (Å²) in [5, 5.41) is 3.56. The molecule has 94 valence electrons. The van der Waals surface area contributed by atoms with Gasteiger partial charge in [0.2, 0.25) is 0 Å². The lowest BCUT2D eigenvalue weighted by Gasteiger charge is -2.19. The van der Waals surface area contributed by atoms with E-state index in [2.05, 4.69) is 63.5 Å². The van der Waals surface area contributed by atoms with Crippen LogP contribution in [0.1, 0.15) is 30.6 Å². The third-order valence-electron chi connectivity index (χ3n) is 2.99. The molecule has 1 aromatic heterocycles. The maximum Gasteiger partial charge on any atom is 0.106 e. The van der Waals surface area contributed by atoms with Crippen molar-refractivity contribution in [3.8, 4) is 0 Å². The zero-order valence-electron chi connectivity index (χ0n) is 10.7. The van der Waals surface area contributed by atoms with Crippen LogP contribution in [-0.4, -0.2) is 4.98 Å². The Morgan fingerprint density at radius 3 is 2.50 bits per heavy atom. The van der Waals surface area contributed by atoms with Crippen molar-refractivity contribution >= 4 is 21.6 Å². The number of rotatable bonds is 4. The maximum atomic E-state index is 4.41. The highest BCUT2D eigenvalue weighted by Crippen LogP contribution is 2.24. The summed E-state index contributed by atoms with van der Waals surface area (Å²) in [5.41, 5.74) is 3.41. The third-order valence-corrected chi connectivity index (χ3v) is 3.43. The van der Waals surface area contributed by atoms with Crippen molar-refractivity contribution in [2.45, 2.75) is 26.3 Å². The van der Waals surface area contributed by atoms with E-state index in [1.165, 1.54) is 5.56 Å². The fraction of sp³-hybridized carbons (Fsp3) is 0.267. The summed E-state index contributed by atoms with van der Waals surface area (Å²) in [7, 11) is 0. The average Bonchev–Trinajstić information content (AvgIpc) is 2.39. The van der Waals surface area contributed by atoms with Gasteiger partial charge >= 0.3 is 0 Å². The number of nitrogens with zero attached hydrogens (tertiary/aromatic N) is 1. The van der Waals surface area contributed by atoms with Crippen molar-refractivity contribution in [3.63, 3.8) is 0 Å². The molecule has 1 atom stereocenters. The van der Waals surface area contributed by atoms with Gasteiger partial charge in [0.1, 0.15) is 4.60 Å². The van der Waals surface area contributed by atoms with E-state index in [0.717, 1.165) is 22.4 Å². The van der Waals surface area contributed by atoms with E-state index in [1.807, 2.05) is 19.1 Å². The SMILES string of the molecule is CCC(Nc1ccc(Br)nc1C)c1ccccc1. The van der Waals surface area contributed by atoms with Crippen LogP contribution in [0.2, 0.25) is 0 Å². The highest BCUT2D eigenvalue weighted by molar-refractivity contribution is 9.10. The van der Waals surface area contributed by atoms with E-state index in [1.54, 1.807) is 0 Å². The molecule has 0 aliphatic carbocycles. The second kappa shape index (κ2) is 6.01. The van der Waals surface area contributed by atoms with Gasteiger partial charge in [-0.05, 0) is 47.0 Å². The monoisotopic (exact) mass is 304 g/mol. The van der Waals surface area contributed by atoms with Crippen molar-refractivity contribution in [3.05, 3.63) is 58.3 Å². The highest BCUT2D eigenvalue weighted by atomic mass is 79.9. The zero-order chi connectivity index (χ0) is 13.0. The van der Waals surface area contributed by atoms with Gasteiger partial charge in [0.25, 0.3) is 0 Å². The number of aromatic nitrogens is 1. The van der Waals surface area contributed by atoms with Gasteiger partial charge in [-0.2, -0.15) is 0 Å². The molecule has 1 heterocycles. The summed E-state index contributed by atoms with van der Waals surface area (Å²) in [6.45, 7) is 4.21. The summed E-state index contributed by atoms with van der Waals surface area (Å²) in [4.78, 5) is 4.41. The Kier molecular flexibility index (Phi) is 4.37. The van der Waals surface area contributed by atoms with E-state index in [4.69, 9.17) is 0 Å². The van der Waals surface area contributed by atoms with Gasteiger partial charge in [-0.15, -0.1) is 0 Å². The van der Waals surface area contributed by atoms with Crippen LogP contribution in [0, 0.1) is 6.92 Å².